The Morgan fingerprint density at radius 1 is 0.515 bits per heavy atom. The van der Waals surface area contributed by atoms with Crippen molar-refractivity contribution in [1.29, 1.82) is 0 Å². The zero-order valence-corrected chi connectivity index (χ0v) is 25.4. The van der Waals surface area contributed by atoms with Gasteiger partial charge in [0.25, 0.3) is 0 Å². The zero-order chi connectivity index (χ0) is 24.5. The van der Waals surface area contributed by atoms with Gasteiger partial charge >= 0.3 is 0 Å². The molecular formula is C29H63NOSSi. The van der Waals surface area contributed by atoms with E-state index in [1.54, 1.807) is 0 Å². The second kappa shape index (κ2) is 25.6. The molecule has 4 heteroatoms. The Balaban J connectivity index is 4.88. The van der Waals surface area contributed by atoms with Crippen molar-refractivity contribution in [2.45, 2.75) is 155 Å². The van der Waals surface area contributed by atoms with Gasteiger partial charge in [0.2, 0.25) is 0 Å². The predicted molar refractivity (Wildman–Crippen MR) is 158 cm³/mol. The number of hydrogen-bond donors (Lipinski definition) is 1. The fourth-order valence-electron chi connectivity index (χ4n) is 4.94. The van der Waals surface area contributed by atoms with E-state index in [9.17, 15) is 0 Å². The van der Waals surface area contributed by atoms with Gasteiger partial charge in [-0.25, -0.2) is 0 Å². The van der Waals surface area contributed by atoms with Crippen LogP contribution in [-0.4, -0.2) is 45.2 Å². The van der Waals surface area contributed by atoms with E-state index in [0.717, 1.165) is 18.9 Å². The Labute approximate surface area is 216 Å². The lowest BCUT2D eigenvalue weighted by atomic mass is 10.1. The van der Waals surface area contributed by atoms with E-state index in [1.165, 1.54) is 140 Å². The third kappa shape index (κ3) is 20.4. The molecule has 0 aliphatic heterocycles. The molecule has 200 valence electrons. The van der Waals surface area contributed by atoms with E-state index >= 15 is 0 Å². The molecule has 0 spiro atoms. The lowest BCUT2D eigenvalue weighted by Crippen LogP contribution is -2.41. The zero-order valence-electron chi connectivity index (χ0n) is 23.5. The van der Waals surface area contributed by atoms with Crippen molar-refractivity contribution in [3.05, 3.63) is 0 Å². The summed E-state index contributed by atoms with van der Waals surface area (Å²) in [6.45, 7) is 13.9. The fraction of sp³-hybridized carbons (Fsp3) is 1.00. The van der Waals surface area contributed by atoms with Crippen LogP contribution < -0.4 is 0 Å². The lowest BCUT2D eigenvalue weighted by molar-refractivity contribution is 0.195. The maximum atomic E-state index is 7.04. The molecule has 2 nitrogen and oxygen atoms in total. The van der Waals surface area contributed by atoms with Gasteiger partial charge in [0, 0.05) is 13.2 Å². The summed E-state index contributed by atoms with van der Waals surface area (Å²) >= 11 is 4.59. The van der Waals surface area contributed by atoms with Gasteiger partial charge < -0.3 is 9.33 Å². The third-order valence-corrected chi connectivity index (χ3v) is 12.2. The van der Waals surface area contributed by atoms with Crippen LogP contribution in [0.4, 0.5) is 0 Å². The van der Waals surface area contributed by atoms with Crippen molar-refractivity contribution in [2.75, 3.05) is 32.0 Å². The Kier molecular flexibility index (Phi) is 26.0. The number of rotatable bonds is 27. The molecule has 0 aliphatic carbocycles. The first-order chi connectivity index (χ1) is 16.2. The molecule has 0 atom stereocenters. The number of thiol groups is 1. The van der Waals surface area contributed by atoms with Gasteiger partial charge in [0.05, 0.1) is 0 Å². The van der Waals surface area contributed by atoms with E-state index in [-0.39, 0.29) is 0 Å². The minimum absolute atomic E-state index is 0.970. The van der Waals surface area contributed by atoms with E-state index in [4.69, 9.17) is 4.43 Å². The predicted octanol–water partition coefficient (Wildman–Crippen LogP) is 9.89. The summed E-state index contributed by atoms with van der Waals surface area (Å²) in [4.78, 5) is 2.68. The summed E-state index contributed by atoms with van der Waals surface area (Å²) in [6.07, 6.45) is 23.3. The minimum atomic E-state index is -1.66. The molecule has 0 fully saturated rings. The second-order valence-corrected chi connectivity index (χ2v) is 15.0. The number of nitrogens with zero attached hydrogens (tertiary/aromatic N) is 1. The summed E-state index contributed by atoms with van der Waals surface area (Å²) in [5.41, 5.74) is 0. The number of hydrogen-bond acceptors (Lipinski definition) is 3. The average molecular weight is 502 g/mol. The van der Waals surface area contributed by atoms with Gasteiger partial charge in [-0.15, -0.1) is 0 Å². The molecule has 0 rings (SSSR count). The smallest absolute Gasteiger partial charge is 0.192 e. The first kappa shape index (κ1) is 33.5. The molecule has 0 unspecified atom stereocenters. The first-order valence-electron chi connectivity index (χ1n) is 15.1. The summed E-state index contributed by atoms with van der Waals surface area (Å²) in [6, 6.07) is 4.13. The van der Waals surface area contributed by atoms with Crippen molar-refractivity contribution in [1.82, 2.24) is 4.90 Å². The Morgan fingerprint density at radius 3 is 1.39 bits per heavy atom. The van der Waals surface area contributed by atoms with Crippen LogP contribution in [0.15, 0.2) is 0 Å². The van der Waals surface area contributed by atoms with E-state index in [0.29, 0.717) is 0 Å². The van der Waals surface area contributed by atoms with Gasteiger partial charge in [0.15, 0.2) is 8.32 Å². The largest absolute Gasteiger partial charge is 0.416 e. The van der Waals surface area contributed by atoms with E-state index in [2.05, 4.69) is 45.2 Å². The highest BCUT2D eigenvalue weighted by atomic mass is 32.1. The highest BCUT2D eigenvalue weighted by molar-refractivity contribution is 7.80. The molecule has 0 bridgehead atoms. The standard InChI is InChI=1S/C29H63NOSSi/c1-5-9-13-15-17-19-27-33(29-21-26-32,28-20-18-16-14-10-6-2)31-25-24-30(22-11-7-3)23-12-8-4/h32H,5-29H2,1-4H3. The van der Waals surface area contributed by atoms with Crippen LogP contribution in [0.5, 0.6) is 0 Å². The molecule has 0 radical (unpaired) electrons. The van der Waals surface area contributed by atoms with Gasteiger partial charge in [-0.05, 0) is 56.2 Å². The summed E-state index contributed by atoms with van der Waals surface area (Å²) in [5, 5.41) is 0. The van der Waals surface area contributed by atoms with Crippen molar-refractivity contribution in [3.63, 3.8) is 0 Å². The topological polar surface area (TPSA) is 12.5 Å². The molecule has 0 aliphatic rings. The molecule has 0 saturated heterocycles. The van der Waals surface area contributed by atoms with E-state index in [1.807, 2.05) is 0 Å². The molecular weight excluding hydrogens is 438 g/mol. The quantitative estimate of drug-likeness (QED) is 0.0682. The van der Waals surface area contributed by atoms with Gasteiger partial charge in [0.1, 0.15) is 0 Å². The van der Waals surface area contributed by atoms with Gasteiger partial charge in [-0.3, -0.25) is 0 Å². The van der Waals surface area contributed by atoms with Crippen LogP contribution in [0, 0.1) is 0 Å². The molecule has 0 aromatic rings. The Bertz CT molecular complexity index is 359. The van der Waals surface area contributed by atoms with Crippen LogP contribution in [-0.2, 0) is 4.43 Å². The molecule has 0 heterocycles. The number of unbranched alkanes of at least 4 members (excludes halogenated alkanes) is 12. The Hall–Kier alpha value is 0.487. The van der Waals surface area contributed by atoms with Crippen LogP contribution in [0.3, 0.4) is 0 Å². The van der Waals surface area contributed by atoms with Crippen LogP contribution in [0.2, 0.25) is 18.1 Å². The van der Waals surface area contributed by atoms with Crippen molar-refractivity contribution in [3.8, 4) is 0 Å². The van der Waals surface area contributed by atoms with Crippen molar-refractivity contribution >= 4 is 20.9 Å². The van der Waals surface area contributed by atoms with Crippen molar-refractivity contribution < 1.29 is 4.43 Å². The van der Waals surface area contributed by atoms with E-state index < -0.39 is 8.32 Å². The fourth-order valence-corrected chi connectivity index (χ4v) is 9.71. The summed E-state index contributed by atoms with van der Waals surface area (Å²) < 4.78 is 7.04. The maximum Gasteiger partial charge on any atom is 0.192 e. The second-order valence-electron chi connectivity index (χ2n) is 10.4. The first-order valence-corrected chi connectivity index (χ1v) is 18.3. The lowest BCUT2D eigenvalue weighted by Gasteiger charge is -2.33. The third-order valence-electron chi connectivity index (χ3n) is 7.23. The normalized spacial score (nSPS) is 12.2. The Morgan fingerprint density at radius 2 is 0.939 bits per heavy atom. The summed E-state index contributed by atoms with van der Waals surface area (Å²) in [5.74, 6) is 1.02. The molecule has 33 heavy (non-hydrogen) atoms. The highest BCUT2D eigenvalue weighted by Crippen LogP contribution is 2.30. The molecule has 0 aromatic carbocycles. The SMILES string of the molecule is CCCCCCCC[Si](CCCS)(CCCCCCCC)OCCN(CCCC)CCCC. The monoisotopic (exact) mass is 501 g/mol. The van der Waals surface area contributed by atoms with Crippen LogP contribution in [0.25, 0.3) is 0 Å². The minimum Gasteiger partial charge on any atom is -0.416 e. The average Bonchev–Trinajstić information content (AvgIpc) is 2.83. The highest BCUT2D eigenvalue weighted by Gasteiger charge is 2.33. The molecule has 0 saturated carbocycles. The maximum absolute atomic E-state index is 7.04. The van der Waals surface area contributed by atoms with Crippen molar-refractivity contribution in [2.24, 2.45) is 0 Å². The summed E-state index contributed by atoms with van der Waals surface area (Å²) in [7, 11) is -1.66. The van der Waals surface area contributed by atoms with Crippen LogP contribution in [0.1, 0.15) is 137 Å². The molecule has 0 aromatic heterocycles. The van der Waals surface area contributed by atoms with Crippen LogP contribution >= 0.6 is 12.6 Å². The molecule has 0 N–H and O–H groups in total. The molecule has 0 amide bonds. The van der Waals surface area contributed by atoms with Gasteiger partial charge in [-0.1, -0.05) is 118 Å². The van der Waals surface area contributed by atoms with Gasteiger partial charge in [-0.2, -0.15) is 12.6 Å².